The van der Waals surface area contributed by atoms with E-state index in [-0.39, 0.29) is 36.3 Å². The van der Waals surface area contributed by atoms with Gasteiger partial charge in [0.15, 0.2) is 11.8 Å². The number of aromatic nitrogens is 3. The van der Waals surface area contributed by atoms with Gasteiger partial charge >= 0.3 is 6.61 Å². The van der Waals surface area contributed by atoms with Crippen LogP contribution in [0.3, 0.4) is 0 Å². The monoisotopic (exact) mass is 574 g/mol. The van der Waals surface area contributed by atoms with Gasteiger partial charge in [-0.25, -0.2) is 0 Å². The largest absolute Gasteiger partial charge is 0.435 e. The Labute approximate surface area is 206 Å². The van der Waals surface area contributed by atoms with E-state index in [9.17, 15) is 13.9 Å². The highest BCUT2D eigenvalue weighted by molar-refractivity contribution is 14.0. The number of hydrogen-bond donors (Lipinski definition) is 3. The summed E-state index contributed by atoms with van der Waals surface area (Å²) in [5.74, 6) is 1.43. The Morgan fingerprint density at radius 3 is 2.64 bits per heavy atom. The van der Waals surface area contributed by atoms with E-state index in [4.69, 9.17) is 4.52 Å². The number of pyridine rings is 1. The number of guanidine groups is 1. The van der Waals surface area contributed by atoms with Gasteiger partial charge in [0.2, 0.25) is 0 Å². The maximum Gasteiger partial charge on any atom is 0.387 e. The fourth-order valence-corrected chi connectivity index (χ4v) is 2.74. The van der Waals surface area contributed by atoms with Crippen LogP contribution in [0.5, 0.6) is 5.75 Å². The number of aliphatic imine (C=N–C) groups is 1. The molecule has 0 aliphatic heterocycles. The lowest BCUT2D eigenvalue weighted by atomic mass is 10.1. The topological polar surface area (TPSA) is 118 Å². The number of hydrogen-bond acceptors (Lipinski definition) is 7. The zero-order valence-corrected chi connectivity index (χ0v) is 20.1. The molecule has 0 spiro atoms. The van der Waals surface area contributed by atoms with Crippen molar-refractivity contribution in [2.45, 2.75) is 26.1 Å². The van der Waals surface area contributed by atoms with Crippen molar-refractivity contribution in [3.05, 3.63) is 60.0 Å². The van der Waals surface area contributed by atoms with E-state index < -0.39 is 12.7 Å². The van der Waals surface area contributed by atoms with Gasteiger partial charge in [0, 0.05) is 25.7 Å². The lowest BCUT2D eigenvalue weighted by Gasteiger charge is -2.13. The van der Waals surface area contributed by atoms with Crippen LogP contribution in [0.15, 0.2) is 58.2 Å². The van der Waals surface area contributed by atoms with Gasteiger partial charge in [-0.15, -0.1) is 24.0 Å². The first-order valence-electron chi connectivity index (χ1n) is 10.0. The van der Waals surface area contributed by atoms with Crippen molar-refractivity contribution in [2.75, 3.05) is 19.6 Å². The highest BCUT2D eigenvalue weighted by Crippen LogP contribution is 2.19. The molecule has 0 saturated carbocycles. The van der Waals surface area contributed by atoms with Gasteiger partial charge in [0.25, 0.3) is 5.89 Å². The minimum absolute atomic E-state index is 0. The van der Waals surface area contributed by atoms with Crippen LogP contribution in [0.1, 0.15) is 24.4 Å². The van der Waals surface area contributed by atoms with Crippen molar-refractivity contribution >= 4 is 29.9 Å². The second kappa shape index (κ2) is 13.6. The smallest absolute Gasteiger partial charge is 0.387 e. The number of nitrogens with zero attached hydrogens (tertiary/aromatic N) is 4. The number of benzene rings is 1. The van der Waals surface area contributed by atoms with Crippen molar-refractivity contribution in [1.82, 2.24) is 25.8 Å². The Kier molecular flexibility index (Phi) is 10.9. The first kappa shape index (κ1) is 26.4. The molecule has 2 heterocycles. The Hall–Kier alpha value is -2.87. The quantitative estimate of drug-likeness (QED) is 0.192. The van der Waals surface area contributed by atoms with Gasteiger partial charge in [-0.2, -0.15) is 13.8 Å². The van der Waals surface area contributed by atoms with E-state index in [2.05, 4.69) is 35.5 Å². The van der Waals surface area contributed by atoms with Crippen molar-refractivity contribution < 1.29 is 23.1 Å². The van der Waals surface area contributed by atoms with E-state index >= 15 is 0 Å². The molecule has 9 nitrogen and oxygen atoms in total. The average Bonchev–Trinajstić information content (AvgIpc) is 3.27. The minimum Gasteiger partial charge on any atom is -0.435 e. The molecule has 3 aromatic rings. The highest BCUT2D eigenvalue weighted by Gasteiger charge is 2.11. The van der Waals surface area contributed by atoms with Crippen LogP contribution in [0, 0.1) is 0 Å². The zero-order chi connectivity index (χ0) is 22.8. The third kappa shape index (κ3) is 8.53. The summed E-state index contributed by atoms with van der Waals surface area (Å²) >= 11 is 0. The summed E-state index contributed by atoms with van der Waals surface area (Å²) in [7, 11) is 0. The maximum atomic E-state index is 12.2. The third-order valence-corrected chi connectivity index (χ3v) is 4.25. The molecule has 0 aliphatic rings. The van der Waals surface area contributed by atoms with Crippen molar-refractivity contribution in [3.8, 4) is 17.3 Å². The predicted octanol–water partition coefficient (Wildman–Crippen LogP) is 3.18. The summed E-state index contributed by atoms with van der Waals surface area (Å²) in [5.41, 5.74) is 1.15. The second-order valence-electron chi connectivity index (χ2n) is 6.59. The van der Waals surface area contributed by atoms with Crippen LogP contribution in [-0.4, -0.2) is 52.4 Å². The summed E-state index contributed by atoms with van der Waals surface area (Å²) < 4.78 is 34.0. The summed E-state index contributed by atoms with van der Waals surface area (Å²) in [6.07, 6.45) is 1.25. The fourth-order valence-electron chi connectivity index (χ4n) is 2.74. The standard InChI is InChI=1S/C21H24F2N6O3.HI/c1-2-24-21(27-13-17(30)14-6-8-15(9-7-14)31-20(22)23)26-12-10-18-28-19(32-29-18)16-5-3-4-11-25-16;/h3-9,11,17,20,30H,2,10,12-13H2,1H3,(H2,24,26,27);1H. The van der Waals surface area contributed by atoms with E-state index in [1.54, 1.807) is 18.3 Å². The van der Waals surface area contributed by atoms with Gasteiger partial charge in [0.05, 0.1) is 12.6 Å². The molecule has 2 aromatic heterocycles. The number of aliphatic hydroxyl groups excluding tert-OH is 1. The normalized spacial score (nSPS) is 12.2. The molecule has 1 aromatic carbocycles. The molecule has 12 heteroatoms. The predicted molar refractivity (Wildman–Crippen MR) is 129 cm³/mol. The van der Waals surface area contributed by atoms with E-state index in [0.717, 1.165) is 0 Å². The molecule has 3 rings (SSSR count). The Morgan fingerprint density at radius 2 is 1.97 bits per heavy atom. The van der Waals surface area contributed by atoms with Gasteiger partial charge in [-0.1, -0.05) is 23.4 Å². The molecular formula is C21H25F2IN6O3. The zero-order valence-electron chi connectivity index (χ0n) is 17.8. The van der Waals surface area contributed by atoms with Crippen LogP contribution in [-0.2, 0) is 6.42 Å². The van der Waals surface area contributed by atoms with Crippen molar-refractivity contribution in [2.24, 2.45) is 4.99 Å². The number of aliphatic hydroxyl groups is 1. The van der Waals surface area contributed by atoms with Crippen LogP contribution in [0.4, 0.5) is 8.78 Å². The molecule has 0 radical (unpaired) electrons. The van der Waals surface area contributed by atoms with Crippen LogP contribution in [0.2, 0.25) is 0 Å². The number of ether oxygens (including phenoxy) is 1. The second-order valence-corrected chi connectivity index (χ2v) is 6.59. The molecule has 178 valence electrons. The highest BCUT2D eigenvalue weighted by atomic mass is 127. The molecule has 33 heavy (non-hydrogen) atoms. The number of rotatable bonds is 10. The summed E-state index contributed by atoms with van der Waals surface area (Å²) in [4.78, 5) is 12.9. The summed E-state index contributed by atoms with van der Waals surface area (Å²) in [6, 6.07) is 11.2. The van der Waals surface area contributed by atoms with Crippen molar-refractivity contribution in [3.63, 3.8) is 0 Å². The minimum atomic E-state index is -2.89. The van der Waals surface area contributed by atoms with E-state index in [0.29, 0.717) is 48.4 Å². The number of halogens is 3. The Bertz CT molecular complexity index is 989. The average molecular weight is 574 g/mol. The molecule has 0 saturated heterocycles. The SMILES string of the molecule is CCNC(=NCC(O)c1ccc(OC(F)F)cc1)NCCc1noc(-c2ccccn2)n1.I. The molecule has 0 bridgehead atoms. The molecule has 0 fully saturated rings. The first-order valence-corrected chi connectivity index (χ1v) is 10.0. The number of nitrogens with one attached hydrogen (secondary N) is 2. The van der Waals surface area contributed by atoms with Crippen LogP contribution >= 0.6 is 24.0 Å². The molecule has 1 atom stereocenters. The molecular weight excluding hydrogens is 549 g/mol. The molecule has 0 amide bonds. The van der Waals surface area contributed by atoms with Gasteiger partial charge in [0.1, 0.15) is 11.4 Å². The lowest BCUT2D eigenvalue weighted by molar-refractivity contribution is -0.0498. The van der Waals surface area contributed by atoms with Gasteiger partial charge < -0.3 is 25.0 Å². The van der Waals surface area contributed by atoms with Crippen LogP contribution < -0.4 is 15.4 Å². The van der Waals surface area contributed by atoms with E-state index in [1.807, 2.05) is 13.0 Å². The van der Waals surface area contributed by atoms with Crippen LogP contribution in [0.25, 0.3) is 11.6 Å². The molecule has 3 N–H and O–H groups in total. The maximum absolute atomic E-state index is 12.2. The van der Waals surface area contributed by atoms with Gasteiger partial charge in [-0.3, -0.25) is 9.98 Å². The summed E-state index contributed by atoms with van der Waals surface area (Å²) in [5, 5.41) is 20.5. The Morgan fingerprint density at radius 1 is 1.18 bits per heavy atom. The van der Waals surface area contributed by atoms with E-state index in [1.165, 1.54) is 24.3 Å². The third-order valence-electron chi connectivity index (χ3n) is 4.25. The van der Waals surface area contributed by atoms with Gasteiger partial charge in [-0.05, 0) is 36.8 Å². The first-order chi connectivity index (χ1) is 15.5. The lowest BCUT2D eigenvalue weighted by Crippen LogP contribution is -2.38. The molecule has 0 aliphatic carbocycles. The Balaban J connectivity index is 0.00000385. The summed E-state index contributed by atoms with van der Waals surface area (Å²) in [6.45, 7) is 0.235. The molecule has 1 unspecified atom stereocenters. The number of alkyl halides is 2. The van der Waals surface area contributed by atoms with Crippen molar-refractivity contribution in [1.29, 1.82) is 0 Å². The fraction of sp³-hybridized carbons (Fsp3) is 0.333.